The predicted octanol–water partition coefficient (Wildman–Crippen LogP) is 4.79. The third kappa shape index (κ3) is 8.09. The van der Waals surface area contributed by atoms with Gasteiger partial charge in [-0.2, -0.15) is 10.2 Å². The number of fused-ring (bicyclic) bond motifs is 4. The second kappa shape index (κ2) is 17.1. The summed E-state index contributed by atoms with van der Waals surface area (Å²) in [4.78, 5) is 61.3. The number of piperidine rings is 2. The van der Waals surface area contributed by atoms with Gasteiger partial charge in [0, 0.05) is 51.0 Å². The molecule has 6 aliphatic rings. The van der Waals surface area contributed by atoms with Gasteiger partial charge < -0.3 is 24.6 Å². The first-order chi connectivity index (χ1) is 31.6. The quantitative estimate of drug-likeness (QED) is 0.138. The Morgan fingerprint density at radius 2 is 1.80 bits per heavy atom. The second-order valence-corrected chi connectivity index (χ2v) is 18.5. The zero-order valence-electron chi connectivity index (χ0n) is 35.9. The number of carbonyl (C=O) groups is 3. The first-order valence-electron chi connectivity index (χ1n) is 23.0. The molecular weight excluding hydrogens is 841 g/mol. The van der Waals surface area contributed by atoms with Crippen molar-refractivity contribution in [1.29, 1.82) is 0 Å². The van der Waals surface area contributed by atoms with Crippen LogP contribution < -0.4 is 21.2 Å². The van der Waals surface area contributed by atoms with Crippen LogP contribution in [0.25, 0.3) is 16.7 Å². The highest BCUT2D eigenvalue weighted by atomic mass is 19.3. The molecule has 4 aromatic heterocycles. The minimum absolute atomic E-state index is 0.00800. The molecule has 17 nitrogen and oxygen atoms in total. The van der Waals surface area contributed by atoms with Crippen LogP contribution in [0.15, 0.2) is 47.7 Å². The van der Waals surface area contributed by atoms with E-state index < -0.39 is 30.0 Å². The predicted molar refractivity (Wildman–Crippen MR) is 233 cm³/mol. The number of hydrogen-bond donors (Lipinski definition) is 2. The maximum Gasteiger partial charge on any atom is 0.330 e. The first kappa shape index (κ1) is 41.7. The zero-order chi connectivity index (χ0) is 44.3. The molecule has 19 heteroatoms. The lowest BCUT2D eigenvalue weighted by Gasteiger charge is -2.36. The molecule has 3 amide bonds. The number of likely N-dealkylation sites (tertiary alicyclic amines) is 1. The van der Waals surface area contributed by atoms with Gasteiger partial charge in [-0.15, -0.1) is 0 Å². The van der Waals surface area contributed by atoms with Gasteiger partial charge in [0.15, 0.2) is 11.3 Å². The first-order valence-corrected chi connectivity index (χ1v) is 23.0. The van der Waals surface area contributed by atoms with Gasteiger partial charge in [-0.1, -0.05) is 17.9 Å². The summed E-state index contributed by atoms with van der Waals surface area (Å²) in [5, 5.41) is 13.7. The van der Waals surface area contributed by atoms with E-state index in [2.05, 4.69) is 42.5 Å². The van der Waals surface area contributed by atoms with E-state index in [-0.39, 0.29) is 72.6 Å². The molecule has 4 aliphatic heterocycles. The van der Waals surface area contributed by atoms with Crippen molar-refractivity contribution >= 4 is 45.9 Å². The van der Waals surface area contributed by atoms with Crippen LogP contribution in [0.1, 0.15) is 117 Å². The fourth-order valence-electron chi connectivity index (χ4n) is 10.7. The highest BCUT2D eigenvalue weighted by molar-refractivity contribution is 6.08. The van der Waals surface area contributed by atoms with Gasteiger partial charge >= 0.3 is 5.69 Å². The number of imide groups is 1. The number of nitrogens with one attached hydrogen (secondary N) is 2. The molecule has 65 heavy (non-hydrogen) atoms. The number of rotatable bonds is 11. The van der Waals surface area contributed by atoms with Gasteiger partial charge in [0.2, 0.25) is 11.8 Å². The molecule has 0 spiro atoms. The summed E-state index contributed by atoms with van der Waals surface area (Å²) in [6, 6.07) is 6.97. The SMILES string of the molecule is O=C1CCC(n2c(=O)n(C3CC3)c3c(C#CCOC4CCN(C[C@H]5CC[C@H](n6cc(NC(=O)c7cnn8ccc(N9C[C@H]%10C[C@@H]9CO%10)nc78)c(C(F)F)n6)CC5)CC4)cccc32)C(=O)N1. The summed E-state index contributed by atoms with van der Waals surface area (Å²) in [6.07, 6.45) is 10.6. The third-order valence-corrected chi connectivity index (χ3v) is 14.2. The number of para-hydroxylation sites is 1. The number of alkyl halides is 2. The van der Waals surface area contributed by atoms with Gasteiger partial charge in [-0.05, 0) is 88.3 Å². The summed E-state index contributed by atoms with van der Waals surface area (Å²) in [6.45, 7) is 4.43. The van der Waals surface area contributed by atoms with Crippen LogP contribution in [-0.2, 0) is 19.1 Å². The van der Waals surface area contributed by atoms with Crippen molar-refractivity contribution in [3.8, 4) is 11.8 Å². The lowest BCUT2D eigenvalue weighted by atomic mass is 9.85. The largest absolute Gasteiger partial charge is 0.374 e. The summed E-state index contributed by atoms with van der Waals surface area (Å²) in [5.74, 6) is 6.30. The number of imidazole rings is 1. The summed E-state index contributed by atoms with van der Waals surface area (Å²) in [5.41, 5.74) is 1.93. The highest BCUT2D eigenvalue weighted by Gasteiger charge is 2.40. The second-order valence-electron chi connectivity index (χ2n) is 18.5. The molecule has 2 bridgehead atoms. The van der Waals surface area contributed by atoms with Crippen molar-refractivity contribution in [3.05, 3.63) is 70.2 Å². The van der Waals surface area contributed by atoms with E-state index in [0.29, 0.717) is 29.3 Å². The van der Waals surface area contributed by atoms with Gasteiger partial charge in [-0.3, -0.25) is 33.5 Å². The van der Waals surface area contributed by atoms with Gasteiger partial charge in [0.25, 0.3) is 12.3 Å². The summed E-state index contributed by atoms with van der Waals surface area (Å²) < 4.78 is 47.0. The maximum absolute atomic E-state index is 14.3. The lowest BCUT2D eigenvalue weighted by molar-refractivity contribution is -0.135. The van der Waals surface area contributed by atoms with Gasteiger partial charge in [0.05, 0.1) is 59.4 Å². The average Bonchev–Trinajstić information content (AvgIpc) is 3.70. The minimum atomic E-state index is -2.86. The standard InChI is InChI=1S/C46H51F2N11O6/c47-42(48)40-35(50-44(61)34-22-49-56-19-16-38(51-43(34)56)55-24-33-21-31(55)26-65-33)25-57(53-40)29-8-6-27(7-9-29)23-54-17-14-32(15-18-54)64-20-2-4-28-3-1-5-36-41(28)58(30-10-11-30)46(63)59(36)37-12-13-39(60)52-45(37)62/h1,3,5,16,19,22,25,27,29-33,37,42H,6-15,17-18,20-21,23-24,26H2,(H,50,61)(H,52,60,62)/t27-,29-,31-,33-,37?/m1/s1. The van der Waals surface area contributed by atoms with Crippen molar-refractivity contribution in [2.75, 3.05) is 49.6 Å². The Hall–Kier alpha value is -5.97. The minimum Gasteiger partial charge on any atom is -0.374 e. The van der Waals surface area contributed by atoms with Crippen molar-refractivity contribution in [1.82, 2.24) is 43.7 Å². The Bertz CT molecular complexity index is 2780. The molecule has 11 rings (SSSR count). The van der Waals surface area contributed by atoms with Crippen LogP contribution in [0.2, 0.25) is 0 Å². The Balaban J connectivity index is 0.665. The molecule has 2 aliphatic carbocycles. The lowest BCUT2D eigenvalue weighted by Crippen LogP contribution is -2.44. The fourth-order valence-corrected chi connectivity index (χ4v) is 10.7. The number of ether oxygens (including phenoxy) is 2. The monoisotopic (exact) mass is 891 g/mol. The van der Waals surface area contributed by atoms with Crippen LogP contribution in [-0.4, -0.2) is 114 Å². The molecule has 8 heterocycles. The van der Waals surface area contributed by atoms with Crippen LogP contribution in [0.3, 0.4) is 0 Å². The van der Waals surface area contributed by atoms with Crippen molar-refractivity contribution in [2.24, 2.45) is 5.92 Å². The van der Waals surface area contributed by atoms with Crippen LogP contribution >= 0.6 is 0 Å². The number of anilines is 2. The maximum atomic E-state index is 14.3. The molecule has 1 unspecified atom stereocenters. The van der Waals surface area contributed by atoms with E-state index in [0.717, 1.165) is 95.3 Å². The van der Waals surface area contributed by atoms with Crippen molar-refractivity contribution < 1.29 is 32.6 Å². The normalized spacial score (nSPS) is 25.2. The number of morpholine rings is 1. The number of benzene rings is 1. The van der Waals surface area contributed by atoms with Crippen molar-refractivity contribution in [2.45, 2.75) is 113 Å². The molecule has 6 fully saturated rings. The molecule has 2 N–H and O–H groups in total. The molecule has 5 aromatic rings. The van der Waals surface area contributed by atoms with E-state index in [9.17, 15) is 28.0 Å². The molecule has 3 atom stereocenters. The van der Waals surface area contributed by atoms with Gasteiger partial charge in [-0.25, -0.2) is 23.1 Å². The van der Waals surface area contributed by atoms with E-state index in [4.69, 9.17) is 14.5 Å². The topological polar surface area (TPSA) is 175 Å². The number of carbonyl (C=O) groups excluding carboxylic acids is 3. The van der Waals surface area contributed by atoms with Crippen LogP contribution in [0.5, 0.6) is 0 Å². The molecule has 340 valence electrons. The number of halogens is 2. The summed E-state index contributed by atoms with van der Waals surface area (Å²) in [7, 11) is 0. The summed E-state index contributed by atoms with van der Waals surface area (Å²) >= 11 is 0. The molecule has 0 radical (unpaired) electrons. The van der Waals surface area contributed by atoms with E-state index >= 15 is 0 Å². The Morgan fingerprint density at radius 1 is 0.985 bits per heavy atom. The number of nitrogens with zero attached hydrogens (tertiary/aromatic N) is 9. The number of hydrogen-bond acceptors (Lipinski definition) is 11. The average molecular weight is 892 g/mol. The van der Waals surface area contributed by atoms with Crippen molar-refractivity contribution in [3.63, 3.8) is 0 Å². The number of aromatic nitrogens is 7. The smallest absolute Gasteiger partial charge is 0.330 e. The fraction of sp³-hybridized carbons (Fsp3) is 0.543. The Morgan fingerprint density at radius 3 is 2.54 bits per heavy atom. The molecule has 1 aromatic carbocycles. The Kier molecular flexibility index (Phi) is 11.0. The molecule has 4 saturated heterocycles. The van der Waals surface area contributed by atoms with E-state index in [1.54, 1.807) is 21.6 Å². The van der Waals surface area contributed by atoms with Crippen LogP contribution in [0, 0.1) is 17.8 Å². The highest BCUT2D eigenvalue weighted by Crippen LogP contribution is 2.39. The van der Waals surface area contributed by atoms with Gasteiger partial charge in [0.1, 0.15) is 24.0 Å². The molecular formula is C46H51F2N11O6. The zero-order valence-corrected chi connectivity index (χ0v) is 35.9. The van der Waals surface area contributed by atoms with E-state index in [1.165, 1.54) is 15.3 Å². The third-order valence-electron chi connectivity index (χ3n) is 14.2. The van der Waals surface area contributed by atoms with E-state index in [1.807, 2.05) is 24.3 Å². The molecule has 2 saturated carbocycles. The van der Waals surface area contributed by atoms with Crippen LogP contribution in [0.4, 0.5) is 20.3 Å². The Labute approximate surface area is 372 Å². The number of amides is 3.